The molecule has 22 heavy (non-hydrogen) atoms. The lowest BCUT2D eigenvalue weighted by atomic mass is 10.1. The average molecular weight is 304 g/mol. The third-order valence-electron chi connectivity index (χ3n) is 3.41. The van der Waals surface area contributed by atoms with Gasteiger partial charge in [-0.1, -0.05) is 25.5 Å². The molecule has 0 fully saturated rings. The standard InChI is InChI=1S/C18H21FO3/c1-4-5-14-10-16(19)18(11-17(14)21-3)22-12-13-6-8-15(20-2)9-7-13/h6-11H,4-5,12H2,1-3H3. The molecule has 0 heterocycles. The van der Waals surface area contributed by atoms with E-state index in [1.807, 2.05) is 31.2 Å². The molecule has 118 valence electrons. The molecule has 0 aromatic heterocycles. The molecular weight excluding hydrogens is 283 g/mol. The molecule has 4 heteroatoms. The Balaban J connectivity index is 2.11. The van der Waals surface area contributed by atoms with Crippen LogP contribution in [0.25, 0.3) is 0 Å². The third kappa shape index (κ3) is 3.91. The van der Waals surface area contributed by atoms with Crippen LogP contribution < -0.4 is 14.2 Å². The highest BCUT2D eigenvalue weighted by molar-refractivity contribution is 5.42. The highest BCUT2D eigenvalue weighted by Crippen LogP contribution is 2.29. The van der Waals surface area contributed by atoms with E-state index in [0.29, 0.717) is 5.75 Å². The second kappa shape index (κ2) is 7.69. The van der Waals surface area contributed by atoms with Crippen molar-refractivity contribution in [2.75, 3.05) is 14.2 Å². The molecule has 0 saturated heterocycles. The monoisotopic (exact) mass is 304 g/mol. The van der Waals surface area contributed by atoms with Crippen LogP contribution in [0.15, 0.2) is 36.4 Å². The van der Waals surface area contributed by atoms with Crippen molar-refractivity contribution < 1.29 is 18.6 Å². The normalized spacial score (nSPS) is 10.4. The SMILES string of the molecule is CCCc1cc(F)c(OCc2ccc(OC)cc2)cc1OC. The highest BCUT2D eigenvalue weighted by Gasteiger charge is 2.11. The summed E-state index contributed by atoms with van der Waals surface area (Å²) in [5.74, 6) is 1.28. The maximum absolute atomic E-state index is 14.1. The van der Waals surface area contributed by atoms with Gasteiger partial charge in [-0.15, -0.1) is 0 Å². The number of hydrogen-bond donors (Lipinski definition) is 0. The van der Waals surface area contributed by atoms with Crippen molar-refractivity contribution >= 4 is 0 Å². The van der Waals surface area contributed by atoms with Gasteiger partial charge in [-0.05, 0) is 35.7 Å². The zero-order valence-corrected chi connectivity index (χ0v) is 13.2. The summed E-state index contributed by atoms with van der Waals surface area (Å²) in [6.07, 6.45) is 1.71. The van der Waals surface area contributed by atoms with Crippen LogP contribution in [0, 0.1) is 5.82 Å². The first-order chi connectivity index (χ1) is 10.7. The first-order valence-corrected chi connectivity index (χ1v) is 7.30. The van der Waals surface area contributed by atoms with Crippen LogP contribution in [0.5, 0.6) is 17.2 Å². The van der Waals surface area contributed by atoms with Gasteiger partial charge in [0.1, 0.15) is 18.1 Å². The molecule has 0 aliphatic rings. The van der Waals surface area contributed by atoms with E-state index in [1.165, 1.54) is 6.07 Å². The van der Waals surface area contributed by atoms with E-state index in [1.54, 1.807) is 20.3 Å². The maximum Gasteiger partial charge on any atom is 0.165 e. The van der Waals surface area contributed by atoms with Gasteiger partial charge in [0.2, 0.25) is 0 Å². The Morgan fingerprint density at radius 1 is 0.955 bits per heavy atom. The Morgan fingerprint density at radius 2 is 1.68 bits per heavy atom. The molecule has 2 rings (SSSR count). The van der Waals surface area contributed by atoms with Crippen molar-refractivity contribution in [1.29, 1.82) is 0 Å². The molecule has 0 unspecified atom stereocenters. The largest absolute Gasteiger partial charge is 0.497 e. The van der Waals surface area contributed by atoms with E-state index in [2.05, 4.69) is 0 Å². The summed E-state index contributed by atoms with van der Waals surface area (Å²) in [7, 11) is 3.20. The van der Waals surface area contributed by atoms with Gasteiger partial charge in [0.05, 0.1) is 14.2 Å². The fourth-order valence-corrected chi connectivity index (χ4v) is 2.22. The van der Waals surface area contributed by atoms with Crippen molar-refractivity contribution in [3.63, 3.8) is 0 Å². The summed E-state index contributed by atoms with van der Waals surface area (Å²) in [6, 6.07) is 10.6. The maximum atomic E-state index is 14.1. The number of aryl methyl sites for hydroxylation is 1. The highest BCUT2D eigenvalue weighted by atomic mass is 19.1. The lowest BCUT2D eigenvalue weighted by Crippen LogP contribution is -2.00. The topological polar surface area (TPSA) is 27.7 Å². The van der Waals surface area contributed by atoms with Crippen LogP contribution in [0.2, 0.25) is 0 Å². The molecular formula is C18H21FO3. The van der Waals surface area contributed by atoms with Crippen molar-refractivity contribution in [2.45, 2.75) is 26.4 Å². The minimum atomic E-state index is -0.363. The number of benzene rings is 2. The van der Waals surface area contributed by atoms with E-state index in [4.69, 9.17) is 14.2 Å². The second-order valence-corrected chi connectivity index (χ2v) is 4.98. The van der Waals surface area contributed by atoms with Crippen molar-refractivity contribution in [3.05, 3.63) is 53.3 Å². The van der Waals surface area contributed by atoms with Gasteiger partial charge < -0.3 is 14.2 Å². The molecule has 0 spiro atoms. The Kier molecular flexibility index (Phi) is 5.64. The fraction of sp³-hybridized carbons (Fsp3) is 0.333. The average Bonchev–Trinajstić information content (AvgIpc) is 2.55. The van der Waals surface area contributed by atoms with Crippen LogP contribution in [0.3, 0.4) is 0 Å². The summed E-state index contributed by atoms with van der Waals surface area (Å²) in [5, 5.41) is 0. The van der Waals surface area contributed by atoms with Crippen LogP contribution >= 0.6 is 0 Å². The number of hydrogen-bond acceptors (Lipinski definition) is 3. The Bertz CT molecular complexity index is 608. The van der Waals surface area contributed by atoms with Gasteiger partial charge in [0.25, 0.3) is 0 Å². The zero-order chi connectivity index (χ0) is 15.9. The van der Waals surface area contributed by atoms with E-state index in [-0.39, 0.29) is 18.2 Å². The van der Waals surface area contributed by atoms with Gasteiger partial charge in [-0.3, -0.25) is 0 Å². The van der Waals surface area contributed by atoms with E-state index >= 15 is 0 Å². The molecule has 0 radical (unpaired) electrons. The number of halogens is 1. The lowest BCUT2D eigenvalue weighted by molar-refractivity contribution is 0.287. The van der Waals surface area contributed by atoms with E-state index in [9.17, 15) is 4.39 Å². The smallest absolute Gasteiger partial charge is 0.165 e. The summed E-state index contributed by atoms with van der Waals surface area (Å²) < 4.78 is 30.1. The van der Waals surface area contributed by atoms with E-state index < -0.39 is 0 Å². The zero-order valence-electron chi connectivity index (χ0n) is 13.2. The predicted molar refractivity (Wildman–Crippen MR) is 84.3 cm³/mol. The number of rotatable bonds is 7. The Labute approximate surface area is 130 Å². The first kappa shape index (κ1) is 16.1. The molecule has 0 bridgehead atoms. The summed E-state index contributed by atoms with van der Waals surface area (Å²) >= 11 is 0. The first-order valence-electron chi connectivity index (χ1n) is 7.30. The molecule has 0 atom stereocenters. The molecule has 0 saturated carbocycles. The fourth-order valence-electron chi connectivity index (χ4n) is 2.22. The summed E-state index contributed by atoms with van der Waals surface area (Å²) in [5.41, 5.74) is 1.80. The van der Waals surface area contributed by atoms with Crippen LogP contribution in [-0.2, 0) is 13.0 Å². The predicted octanol–water partition coefficient (Wildman–Crippen LogP) is 4.37. The van der Waals surface area contributed by atoms with E-state index in [0.717, 1.165) is 29.7 Å². The van der Waals surface area contributed by atoms with Gasteiger partial charge in [-0.2, -0.15) is 0 Å². The van der Waals surface area contributed by atoms with Crippen molar-refractivity contribution in [1.82, 2.24) is 0 Å². The molecule has 0 amide bonds. The molecule has 2 aromatic carbocycles. The second-order valence-electron chi connectivity index (χ2n) is 4.98. The van der Waals surface area contributed by atoms with Gasteiger partial charge in [0, 0.05) is 6.07 Å². The third-order valence-corrected chi connectivity index (χ3v) is 3.41. The van der Waals surface area contributed by atoms with Crippen molar-refractivity contribution in [2.24, 2.45) is 0 Å². The molecule has 0 N–H and O–H groups in total. The summed E-state index contributed by atoms with van der Waals surface area (Å²) in [4.78, 5) is 0. The van der Waals surface area contributed by atoms with Gasteiger partial charge in [-0.25, -0.2) is 4.39 Å². The Morgan fingerprint density at radius 3 is 2.27 bits per heavy atom. The Hall–Kier alpha value is -2.23. The minimum absolute atomic E-state index is 0.201. The minimum Gasteiger partial charge on any atom is -0.497 e. The number of ether oxygens (including phenoxy) is 3. The van der Waals surface area contributed by atoms with Gasteiger partial charge >= 0.3 is 0 Å². The number of methoxy groups -OCH3 is 2. The summed E-state index contributed by atoms with van der Waals surface area (Å²) in [6.45, 7) is 2.34. The van der Waals surface area contributed by atoms with Gasteiger partial charge in [0.15, 0.2) is 11.6 Å². The molecule has 0 aliphatic carbocycles. The van der Waals surface area contributed by atoms with Crippen LogP contribution in [0.4, 0.5) is 4.39 Å². The van der Waals surface area contributed by atoms with Crippen LogP contribution in [-0.4, -0.2) is 14.2 Å². The molecule has 2 aromatic rings. The van der Waals surface area contributed by atoms with Crippen LogP contribution in [0.1, 0.15) is 24.5 Å². The van der Waals surface area contributed by atoms with Crippen molar-refractivity contribution in [3.8, 4) is 17.2 Å². The quantitative estimate of drug-likeness (QED) is 0.760. The molecule has 0 aliphatic heterocycles. The lowest BCUT2D eigenvalue weighted by Gasteiger charge is -2.13. The molecule has 3 nitrogen and oxygen atoms in total.